The van der Waals surface area contributed by atoms with E-state index in [4.69, 9.17) is 9.47 Å². The first-order chi connectivity index (χ1) is 20.1. The van der Waals surface area contributed by atoms with E-state index in [1.54, 1.807) is 30.3 Å². The lowest BCUT2D eigenvalue weighted by Gasteiger charge is -2.12. The molecule has 8 nitrogen and oxygen atoms in total. The number of aliphatic hydroxyl groups excluding tert-OH is 1. The topological polar surface area (TPSA) is 108 Å². The first-order valence-corrected chi connectivity index (χ1v) is 13.8. The molecule has 0 heterocycles. The Morgan fingerprint density at radius 3 is 2.48 bits per heavy atom. The number of unbranched alkanes of at least 4 members (excludes halogenated alkanes) is 1. The molecule has 1 aliphatic carbocycles. The maximum absolute atomic E-state index is 12.5. The lowest BCUT2D eigenvalue weighted by Crippen LogP contribution is -2.15. The predicted octanol–water partition coefficient (Wildman–Crippen LogP) is 7.38. The molecule has 0 aliphatic heterocycles. The Morgan fingerprint density at radius 1 is 1.12 bits per heavy atom. The van der Waals surface area contributed by atoms with Crippen LogP contribution in [0.3, 0.4) is 0 Å². The minimum absolute atomic E-state index is 0.0511. The third-order valence-electron chi connectivity index (χ3n) is 6.30. The van der Waals surface area contributed by atoms with Crippen LogP contribution in [0.25, 0.3) is 0 Å². The smallest absolute Gasteiger partial charge is 0.416 e. The maximum Gasteiger partial charge on any atom is 0.416 e. The molecule has 0 saturated heterocycles. The summed E-state index contributed by atoms with van der Waals surface area (Å²) in [6, 6.07) is 11.6. The lowest BCUT2D eigenvalue weighted by atomic mass is 10.1. The summed E-state index contributed by atoms with van der Waals surface area (Å²) in [6.45, 7) is 1.94. The summed E-state index contributed by atoms with van der Waals surface area (Å²) in [5, 5.41) is 19.1. The van der Waals surface area contributed by atoms with Crippen LogP contribution in [0.5, 0.6) is 5.75 Å². The van der Waals surface area contributed by atoms with Crippen LogP contribution in [-0.4, -0.2) is 28.9 Å². The highest BCUT2D eigenvalue weighted by Crippen LogP contribution is 2.31. The van der Waals surface area contributed by atoms with E-state index in [9.17, 15) is 33.2 Å². The van der Waals surface area contributed by atoms with Gasteiger partial charge in [-0.3, -0.25) is 4.79 Å². The Bertz CT molecular complexity index is 1160. The van der Waals surface area contributed by atoms with Crippen molar-refractivity contribution in [3.05, 3.63) is 99.6 Å². The number of benzene rings is 2. The number of allylic oxidation sites excluding steroid dienone is 3. The van der Waals surface area contributed by atoms with Gasteiger partial charge in [0.25, 0.3) is 5.09 Å². The molecule has 1 atom stereocenters. The molecule has 230 valence electrons. The van der Waals surface area contributed by atoms with Crippen molar-refractivity contribution in [2.75, 3.05) is 6.61 Å². The molecule has 2 aromatic rings. The van der Waals surface area contributed by atoms with Gasteiger partial charge in [0.2, 0.25) is 0 Å². The molecule has 1 aliphatic rings. The van der Waals surface area contributed by atoms with Crippen LogP contribution in [0.15, 0.2) is 72.8 Å². The van der Waals surface area contributed by atoms with Crippen molar-refractivity contribution < 1.29 is 42.5 Å². The molecule has 42 heavy (non-hydrogen) atoms. The maximum atomic E-state index is 12.5. The Kier molecular flexibility index (Phi) is 15.2. The van der Waals surface area contributed by atoms with E-state index in [1.807, 2.05) is 25.2 Å². The second kappa shape index (κ2) is 18.5. The fourth-order valence-electron chi connectivity index (χ4n) is 4.14. The number of rotatable bonds is 14. The molecule has 1 fully saturated rings. The molecule has 0 amide bonds. The summed E-state index contributed by atoms with van der Waals surface area (Å²) in [5.41, 5.74) is 0.686. The van der Waals surface area contributed by atoms with Gasteiger partial charge < -0.3 is 19.4 Å². The number of carbonyl (C=O) groups excluding carboxylic acids is 1. The number of alkyl halides is 3. The summed E-state index contributed by atoms with van der Waals surface area (Å²) < 4.78 is 48.0. The van der Waals surface area contributed by atoms with Gasteiger partial charge in [-0.1, -0.05) is 67.5 Å². The van der Waals surface area contributed by atoms with Crippen LogP contribution >= 0.6 is 0 Å². The van der Waals surface area contributed by atoms with Gasteiger partial charge in [-0.25, -0.2) is 0 Å². The monoisotopic (exact) mass is 593 g/mol. The van der Waals surface area contributed by atoms with Crippen LogP contribution in [0, 0.1) is 16.0 Å². The van der Waals surface area contributed by atoms with Crippen LogP contribution in [0.2, 0.25) is 0 Å². The average Bonchev–Trinajstić information content (AvgIpc) is 3.49. The third-order valence-corrected chi connectivity index (χ3v) is 6.30. The second-order valence-corrected chi connectivity index (χ2v) is 9.77. The minimum atomic E-state index is -4.39. The first-order valence-electron chi connectivity index (χ1n) is 13.8. The van der Waals surface area contributed by atoms with Gasteiger partial charge in [0, 0.05) is 6.42 Å². The van der Waals surface area contributed by atoms with E-state index in [2.05, 4.69) is 4.84 Å². The Hall–Kier alpha value is -3.86. The van der Waals surface area contributed by atoms with Crippen molar-refractivity contribution in [3.8, 4) is 5.75 Å². The number of hydrogen-bond acceptors (Lipinski definition) is 7. The van der Waals surface area contributed by atoms with Gasteiger partial charge >= 0.3 is 12.1 Å². The number of carbonyl (C=O) groups is 1. The molecule has 1 saturated carbocycles. The molecule has 0 unspecified atom stereocenters. The molecule has 0 radical (unpaired) electrons. The SMILES string of the molecule is C/C=C\CCCC(=O)OCc1cccc(CO[N+](=O)[O-])c1.O[C@H](/C=C/C1CCCC1)COc1cccc(C(F)(F)F)c1. The summed E-state index contributed by atoms with van der Waals surface area (Å²) in [5.74, 6) is 0.373. The molecule has 2 aromatic carbocycles. The number of halogens is 3. The summed E-state index contributed by atoms with van der Waals surface area (Å²) in [6.07, 6.45) is 9.12. The number of nitrogens with zero attached hydrogens (tertiary/aromatic N) is 1. The van der Waals surface area contributed by atoms with Gasteiger partial charge in [0.05, 0.1) is 5.56 Å². The fraction of sp³-hybridized carbons (Fsp3) is 0.452. The average molecular weight is 594 g/mol. The van der Waals surface area contributed by atoms with Crippen molar-refractivity contribution in [1.29, 1.82) is 0 Å². The van der Waals surface area contributed by atoms with Gasteiger partial charge in [-0.05, 0) is 67.9 Å². The highest BCUT2D eigenvalue weighted by molar-refractivity contribution is 5.69. The van der Waals surface area contributed by atoms with Crippen LogP contribution < -0.4 is 4.74 Å². The first kappa shape index (κ1) is 34.3. The van der Waals surface area contributed by atoms with Crippen molar-refractivity contribution in [1.82, 2.24) is 0 Å². The number of esters is 1. The number of ether oxygens (including phenoxy) is 2. The van der Waals surface area contributed by atoms with Crippen LogP contribution in [0.1, 0.15) is 68.6 Å². The van der Waals surface area contributed by atoms with E-state index in [-0.39, 0.29) is 31.5 Å². The van der Waals surface area contributed by atoms with Crippen LogP contribution in [0.4, 0.5) is 13.2 Å². The Morgan fingerprint density at radius 2 is 1.81 bits per heavy atom. The highest BCUT2D eigenvalue weighted by Gasteiger charge is 2.30. The van der Waals surface area contributed by atoms with Crippen molar-refractivity contribution in [3.63, 3.8) is 0 Å². The Balaban J connectivity index is 0.000000293. The Labute approximate surface area is 243 Å². The molecular formula is C31H38F3NO7. The molecular weight excluding hydrogens is 555 g/mol. The number of hydrogen-bond donors (Lipinski definition) is 1. The fourth-order valence-corrected chi connectivity index (χ4v) is 4.14. The number of aliphatic hydroxyl groups is 1. The van der Waals surface area contributed by atoms with Crippen LogP contribution in [-0.2, 0) is 33.8 Å². The van der Waals surface area contributed by atoms with Gasteiger partial charge in [-0.2, -0.15) is 13.2 Å². The molecule has 11 heteroatoms. The summed E-state index contributed by atoms with van der Waals surface area (Å²) >= 11 is 0. The summed E-state index contributed by atoms with van der Waals surface area (Å²) in [7, 11) is 0. The van der Waals surface area contributed by atoms with Gasteiger partial charge in [-0.15, -0.1) is 10.1 Å². The molecule has 0 aromatic heterocycles. The van der Waals surface area contributed by atoms with E-state index in [0.717, 1.165) is 43.4 Å². The second-order valence-electron chi connectivity index (χ2n) is 9.77. The lowest BCUT2D eigenvalue weighted by molar-refractivity contribution is -0.763. The van der Waals surface area contributed by atoms with E-state index in [0.29, 0.717) is 17.9 Å². The summed E-state index contributed by atoms with van der Waals surface area (Å²) in [4.78, 5) is 25.9. The molecule has 1 N–H and O–H groups in total. The third kappa shape index (κ3) is 14.7. The van der Waals surface area contributed by atoms with E-state index in [1.165, 1.54) is 25.0 Å². The molecule has 3 rings (SSSR count). The zero-order valence-corrected chi connectivity index (χ0v) is 23.6. The zero-order valence-electron chi connectivity index (χ0n) is 23.6. The van der Waals surface area contributed by atoms with E-state index < -0.39 is 22.9 Å². The van der Waals surface area contributed by atoms with Gasteiger partial charge in [0.1, 0.15) is 31.7 Å². The predicted molar refractivity (Wildman–Crippen MR) is 151 cm³/mol. The normalized spacial score (nSPS) is 14.4. The largest absolute Gasteiger partial charge is 0.491 e. The minimum Gasteiger partial charge on any atom is -0.491 e. The highest BCUT2D eigenvalue weighted by atomic mass is 19.4. The van der Waals surface area contributed by atoms with E-state index >= 15 is 0 Å². The molecule has 0 spiro atoms. The molecule has 0 bridgehead atoms. The zero-order chi connectivity index (χ0) is 30.8. The standard InChI is InChI=1S/C16H19F3O2.C15H19NO5/c17-16(18,19)13-6-3-7-15(10-13)21-11-14(20)9-8-12-4-1-2-5-12;1-2-3-4-5-9-15(17)20-11-13-7-6-8-14(10-13)12-21-16(18)19/h3,6-10,12,14,20H,1-2,4-5,11H2;2-3,6-8,10H,4-5,9,11-12H2,1H3/b9-8+;3-2-/t14-;/m1./s1. The van der Waals surface area contributed by atoms with Crippen molar-refractivity contribution in [2.24, 2.45) is 5.92 Å². The van der Waals surface area contributed by atoms with Crippen molar-refractivity contribution in [2.45, 2.75) is 77.4 Å². The quantitative estimate of drug-likeness (QED) is 0.0801. The van der Waals surface area contributed by atoms with Crippen molar-refractivity contribution >= 4 is 5.97 Å². The van der Waals surface area contributed by atoms with Gasteiger partial charge in [0.15, 0.2) is 0 Å².